The third kappa shape index (κ3) is 1.46. The van der Waals surface area contributed by atoms with Gasteiger partial charge in [0.15, 0.2) is 6.29 Å². The lowest BCUT2D eigenvalue weighted by molar-refractivity contribution is -0.232. The van der Waals surface area contributed by atoms with E-state index in [2.05, 4.69) is 0 Å². The Morgan fingerprint density at radius 2 is 2.20 bits per heavy atom. The van der Waals surface area contributed by atoms with Crippen molar-refractivity contribution in [1.29, 1.82) is 0 Å². The number of aliphatic hydroxyl groups is 2. The van der Waals surface area contributed by atoms with Crippen molar-refractivity contribution >= 4 is 0 Å². The van der Waals surface area contributed by atoms with Crippen LogP contribution in [0.1, 0.15) is 6.42 Å². The molecule has 2 N–H and O–H groups in total. The van der Waals surface area contributed by atoms with Crippen molar-refractivity contribution in [2.24, 2.45) is 0 Å². The molecule has 0 saturated carbocycles. The molecule has 0 spiro atoms. The summed E-state index contributed by atoms with van der Waals surface area (Å²) in [6, 6.07) is 0. The van der Waals surface area contributed by atoms with Gasteiger partial charge < -0.3 is 19.7 Å². The van der Waals surface area contributed by atoms with Gasteiger partial charge in [-0.1, -0.05) is 0 Å². The van der Waals surface area contributed by atoms with E-state index in [0.717, 1.165) is 0 Å². The summed E-state index contributed by atoms with van der Waals surface area (Å²) >= 11 is 0. The van der Waals surface area contributed by atoms with Gasteiger partial charge in [0, 0.05) is 7.11 Å². The first kappa shape index (κ1) is 7.94. The molecule has 0 aliphatic carbocycles. The average molecular weight is 148 g/mol. The van der Waals surface area contributed by atoms with Crippen LogP contribution in [-0.4, -0.2) is 42.4 Å². The van der Waals surface area contributed by atoms with E-state index < -0.39 is 18.5 Å². The average Bonchev–Trinajstić information content (AvgIpc) is 1.95. The van der Waals surface area contributed by atoms with Crippen molar-refractivity contribution in [3.05, 3.63) is 0 Å². The van der Waals surface area contributed by atoms with Gasteiger partial charge in [-0.15, -0.1) is 0 Å². The summed E-state index contributed by atoms with van der Waals surface area (Å²) in [4.78, 5) is 0. The Bertz CT molecular complexity index is 106. The molecule has 1 aliphatic rings. The lowest BCUT2D eigenvalue weighted by Crippen LogP contribution is -2.45. The predicted molar refractivity (Wildman–Crippen MR) is 33.4 cm³/mol. The van der Waals surface area contributed by atoms with Crippen molar-refractivity contribution in [3.8, 4) is 0 Å². The summed E-state index contributed by atoms with van der Waals surface area (Å²) in [7, 11) is 1.44. The molecule has 60 valence electrons. The minimum Gasteiger partial charge on any atom is -0.390 e. The van der Waals surface area contributed by atoms with Gasteiger partial charge in [0.1, 0.15) is 6.10 Å². The fraction of sp³-hybridized carbons (Fsp3) is 1.00. The minimum atomic E-state index is -0.904. The van der Waals surface area contributed by atoms with E-state index >= 15 is 0 Å². The Balaban J connectivity index is 2.42. The molecule has 1 fully saturated rings. The van der Waals surface area contributed by atoms with Crippen LogP contribution in [0.2, 0.25) is 0 Å². The Kier molecular flexibility index (Phi) is 2.62. The highest BCUT2D eigenvalue weighted by Gasteiger charge is 2.30. The van der Waals surface area contributed by atoms with Gasteiger partial charge >= 0.3 is 0 Å². The Morgan fingerprint density at radius 1 is 1.50 bits per heavy atom. The highest BCUT2D eigenvalue weighted by molar-refractivity contribution is 4.74. The van der Waals surface area contributed by atoms with Crippen LogP contribution in [-0.2, 0) is 9.47 Å². The van der Waals surface area contributed by atoms with E-state index in [0.29, 0.717) is 13.0 Å². The van der Waals surface area contributed by atoms with E-state index in [-0.39, 0.29) is 0 Å². The molecule has 4 nitrogen and oxygen atoms in total. The Labute approximate surface area is 59.4 Å². The standard InChI is InChI=1S/C6H12O4/c1-9-6-5(8)4(7)2-3-10-6/h4-8H,2-3H2,1H3/t4-,5+,6?/m0/s1. The number of methoxy groups -OCH3 is 1. The molecule has 0 bridgehead atoms. The molecule has 1 heterocycles. The fourth-order valence-corrected chi connectivity index (χ4v) is 0.963. The molecule has 0 aromatic heterocycles. The van der Waals surface area contributed by atoms with Crippen molar-refractivity contribution in [3.63, 3.8) is 0 Å². The molecule has 3 atom stereocenters. The van der Waals surface area contributed by atoms with E-state index in [1.807, 2.05) is 0 Å². The second-order valence-corrected chi connectivity index (χ2v) is 2.32. The summed E-state index contributed by atoms with van der Waals surface area (Å²) in [5, 5.41) is 18.2. The van der Waals surface area contributed by atoms with Crippen LogP contribution in [0.5, 0.6) is 0 Å². The number of rotatable bonds is 1. The van der Waals surface area contributed by atoms with Crippen LogP contribution >= 0.6 is 0 Å². The topological polar surface area (TPSA) is 58.9 Å². The summed E-state index contributed by atoms with van der Waals surface area (Å²) in [6.45, 7) is 0.441. The van der Waals surface area contributed by atoms with Crippen LogP contribution < -0.4 is 0 Å². The van der Waals surface area contributed by atoms with Crippen molar-refractivity contribution < 1.29 is 19.7 Å². The first-order valence-electron chi connectivity index (χ1n) is 3.26. The molecule has 1 aliphatic heterocycles. The highest BCUT2D eigenvalue weighted by Crippen LogP contribution is 2.14. The zero-order valence-corrected chi connectivity index (χ0v) is 5.86. The zero-order chi connectivity index (χ0) is 7.56. The van der Waals surface area contributed by atoms with Crippen molar-refractivity contribution in [1.82, 2.24) is 0 Å². The first-order valence-corrected chi connectivity index (χ1v) is 3.26. The second-order valence-electron chi connectivity index (χ2n) is 2.32. The molecule has 0 radical (unpaired) electrons. The van der Waals surface area contributed by atoms with Crippen LogP contribution in [0.25, 0.3) is 0 Å². The number of aliphatic hydroxyl groups excluding tert-OH is 2. The molecule has 0 aromatic rings. The quantitative estimate of drug-likeness (QED) is 0.506. The molecular formula is C6H12O4. The zero-order valence-electron chi connectivity index (χ0n) is 5.86. The van der Waals surface area contributed by atoms with E-state index in [1.165, 1.54) is 7.11 Å². The third-order valence-electron chi connectivity index (χ3n) is 1.60. The van der Waals surface area contributed by atoms with E-state index in [4.69, 9.17) is 19.7 Å². The Morgan fingerprint density at radius 3 is 2.70 bits per heavy atom. The summed E-state index contributed by atoms with van der Waals surface area (Å²) in [5.74, 6) is 0. The monoisotopic (exact) mass is 148 g/mol. The largest absolute Gasteiger partial charge is 0.390 e. The number of ether oxygens (including phenoxy) is 2. The molecule has 1 saturated heterocycles. The van der Waals surface area contributed by atoms with Gasteiger partial charge in [-0.2, -0.15) is 0 Å². The maximum atomic E-state index is 9.14. The van der Waals surface area contributed by atoms with Crippen molar-refractivity contribution in [2.75, 3.05) is 13.7 Å². The number of hydrogen-bond donors (Lipinski definition) is 2. The maximum absolute atomic E-state index is 9.14. The van der Waals surface area contributed by atoms with Crippen molar-refractivity contribution in [2.45, 2.75) is 24.9 Å². The Hall–Kier alpha value is -0.160. The van der Waals surface area contributed by atoms with E-state index in [1.54, 1.807) is 0 Å². The molecule has 4 heteroatoms. The van der Waals surface area contributed by atoms with Crippen LogP contribution in [0.15, 0.2) is 0 Å². The van der Waals surface area contributed by atoms with Gasteiger partial charge in [0.25, 0.3) is 0 Å². The summed E-state index contributed by atoms with van der Waals surface area (Å²) < 4.78 is 9.72. The summed E-state index contributed by atoms with van der Waals surface area (Å²) in [5.41, 5.74) is 0. The van der Waals surface area contributed by atoms with E-state index in [9.17, 15) is 0 Å². The van der Waals surface area contributed by atoms with Crippen LogP contribution in [0.3, 0.4) is 0 Å². The molecule has 1 unspecified atom stereocenters. The van der Waals surface area contributed by atoms with Gasteiger partial charge in [0.2, 0.25) is 0 Å². The first-order chi connectivity index (χ1) is 4.75. The smallest absolute Gasteiger partial charge is 0.185 e. The minimum absolute atomic E-state index is 0.441. The van der Waals surface area contributed by atoms with Gasteiger partial charge in [0.05, 0.1) is 12.7 Å². The molecule has 0 aromatic carbocycles. The molecule has 0 amide bonds. The SMILES string of the molecule is COC1OCC[C@H](O)[C@H]1O. The highest BCUT2D eigenvalue weighted by atomic mass is 16.7. The molecule has 10 heavy (non-hydrogen) atoms. The van der Waals surface area contributed by atoms with Gasteiger partial charge in [-0.05, 0) is 6.42 Å². The lowest BCUT2D eigenvalue weighted by Gasteiger charge is -2.30. The van der Waals surface area contributed by atoms with Crippen LogP contribution in [0.4, 0.5) is 0 Å². The molecule has 1 rings (SSSR count). The third-order valence-corrected chi connectivity index (χ3v) is 1.60. The lowest BCUT2D eigenvalue weighted by atomic mass is 10.1. The normalized spacial score (nSPS) is 41.7. The number of hydrogen-bond acceptors (Lipinski definition) is 4. The summed E-state index contributed by atoms with van der Waals surface area (Å²) in [6.07, 6.45) is -1.80. The fourth-order valence-electron chi connectivity index (χ4n) is 0.963. The molecular weight excluding hydrogens is 136 g/mol. The van der Waals surface area contributed by atoms with Gasteiger partial charge in [-0.3, -0.25) is 0 Å². The maximum Gasteiger partial charge on any atom is 0.185 e. The predicted octanol–water partition coefficient (Wildman–Crippen LogP) is -0.899. The second kappa shape index (κ2) is 3.30. The van der Waals surface area contributed by atoms with Gasteiger partial charge in [-0.25, -0.2) is 0 Å². The van der Waals surface area contributed by atoms with Crippen LogP contribution in [0, 0.1) is 0 Å².